The van der Waals surface area contributed by atoms with Gasteiger partial charge in [0.25, 0.3) is 0 Å². The van der Waals surface area contributed by atoms with Crippen molar-refractivity contribution in [1.82, 2.24) is 0 Å². The fourth-order valence-corrected chi connectivity index (χ4v) is 3.44. The molecule has 0 bridgehead atoms. The van der Waals surface area contributed by atoms with Crippen LogP contribution in [0.15, 0.2) is 56.9 Å². The van der Waals surface area contributed by atoms with Crippen molar-refractivity contribution in [3.8, 4) is 0 Å². The first-order valence-electron chi connectivity index (χ1n) is 6.99. The van der Waals surface area contributed by atoms with Crippen LogP contribution in [0, 0.1) is 6.92 Å². The van der Waals surface area contributed by atoms with Crippen LogP contribution in [-0.2, 0) is 4.74 Å². The summed E-state index contributed by atoms with van der Waals surface area (Å²) >= 11 is 5.21. The minimum atomic E-state index is 0.0631. The van der Waals surface area contributed by atoms with Crippen molar-refractivity contribution in [2.75, 3.05) is 12.4 Å². The van der Waals surface area contributed by atoms with E-state index in [9.17, 15) is 0 Å². The van der Waals surface area contributed by atoms with Gasteiger partial charge < -0.3 is 4.74 Å². The lowest BCUT2D eigenvalue weighted by Crippen LogP contribution is -1.94. The first kappa shape index (κ1) is 15.5. The number of aryl methyl sites for hydroxylation is 1. The van der Waals surface area contributed by atoms with Gasteiger partial charge in [-0.05, 0) is 36.8 Å². The fourth-order valence-electron chi connectivity index (χ4n) is 2.21. The molecule has 1 aliphatic heterocycles. The summed E-state index contributed by atoms with van der Waals surface area (Å²) in [7, 11) is 0. The molecule has 1 unspecified atom stereocenters. The topological polar surface area (TPSA) is 34.0 Å². The van der Waals surface area contributed by atoms with Crippen LogP contribution in [0.1, 0.15) is 16.6 Å². The van der Waals surface area contributed by atoms with Crippen molar-refractivity contribution >= 4 is 45.1 Å². The first-order chi connectivity index (χ1) is 10.7. The normalized spacial score (nSPS) is 17.1. The van der Waals surface area contributed by atoms with Gasteiger partial charge in [-0.25, -0.2) is 0 Å². The molecular weight excluding hydrogens is 360 g/mol. The van der Waals surface area contributed by atoms with Crippen LogP contribution in [0.25, 0.3) is 0 Å². The second kappa shape index (κ2) is 7.25. The Bertz CT molecular complexity index is 718. The average molecular weight is 375 g/mol. The number of thioether (sulfide) groups is 1. The Morgan fingerprint density at radius 3 is 2.73 bits per heavy atom. The van der Waals surface area contributed by atoms with E-state index in [4.69, 9.17) is 4.74 Å². The van der Waals surface area contributed by atoms with E-state index in [0.717, 1.165) is 39.3 Å². The molecule has 1 fully saturated rings. The highest BCUT2D eigenvalue weighted by molar-refractivity contribution is 9.10. The van der Waals surface area contributed by atoms with E-state index in [0.29, 0.717) is 0 Å². The maximum absolute atomic E-state index is 5.75. The molecule has 2 aromatic rings. The molecule has 0 N–H and O–H groups in total. The van der Waals surface area contributed by atoms with Crippen molar-refractivity contribution in [3.63, 3.8) is 0 Å². The van der Waals surface area contributed by atoms with Crippen molar-refractivity contribution in [2.24, 2.45) is 9.98 Å². The van der Waals surface area contributed by atoms with E-state index in [1.165, 1.54) is 0 Å². The van der Waals surface area contributed by atoms with Gasteiger partial charge in [0.2, 0.25) is 0 Å². The Morgan fingerprint density at radius 2 is 2.00 bits per heavy atom. The number of ether oxygens (including phenoxy) is 1. The largest absolute Gasteiger partial charge is 0.362 e. The Labute approximate surface area is 142 Å². The van der Waals surface area contributed by atoms with E-state index in [1.54, 1.807) is 11.8 Å². The summed E-state index contributed by atoms with van der Waals surface area (Å²) in [6.45, 7) is 2.84. The zero-order chi connectivity index (χ0) is 15.4. The lowest BCUT2D eigenvalue weighted by atomic mass is 10.1. The summed E-state index contributed by atoms with van der Waals surface area (Å²) < 4.78 is 6.78. The predicted molar refractivity (Wildman–Crippen MR) is 95.7 cm³/mol. The molecule has 112 valence electrons. The predicted octanol–water partition coefficient (Wildman–Crippen LogP) is 5.66. The lowest BCUT2D eigenvalue weighted by molar-refractivity contribution is 0.145. The SMILES string of the molecule is Cc1cccc(C2OCCS2)c1N=C=Nc1ccc(Br)cc1. The van der Waals surface area contributed by atoms with Crippen LogP contribution in [0.5, 0.6) is 0 Å². The van der Waals surface area contributed by atoms with Crippen LogP contribution < -0.4 is 0 Å². The van der Waals surface area contributed by atoms with Crippen LogP contribution in [-0.4, -0.2) is 18.4 Å². The summed E-state index contributed by atoms with van der Waals surface area (Å²) in [5.41, 5.74) is 4.00. The summed E-state index contributed by atoms with van der Waals surface area (Å²) in [5, 5.41) is 0. The number of nitrogens with zero attached hydrogens (tertiary/aromatic N) is 2. The van der Waals surface area contributed by atoms with E-state index in [-0.39, 0.29) is 5.44 Å². The third-order valence-electron chi connectivity index (χ3n) is 3.31. The van der Waals surface area contributed by atoms with Crippen LogP contribution in [0.2, 0.25) is 0 Å². The van der Waals surface area contributed by atoms with Crippen molar-refractivity contribution in [1.29, 1.82) is 0 Å². The molecule has 0 aromatic heterocycles. The van der Waals surface area contributed by atoms with Gasteiger partial charge in [-0.3, -0.25) is 0 Å². The number of hydrogen-bond acceptors (Lipinski definition) is 4. The van der Waals surface area contributed by atoms with Gasteiger partial charge in [0.1, 0.15) is 11.4 Å². The third-order valence-corrected chi connectivity index (χ3v) is 4.94. The average Bonchev–Trinajstić information content (AvgIpc) is 3.05. The number of halogens is 1. The third kappa shape index (κ3) is 3.68. The van der Waals surface area contributed by atoms with Crippen LogP contribution in [0.3, 0.4) is 0 Å². The number of rotatable bonds is 3. The molecule has 3 nitrogen and oxygen atoms in total. The van der Waals surface area contributed by atoms with Crippen molar-refractivity contribution in [2.45, 2.75) is 12.4 Å². The van der Waals surface area contributed by atoms with E-state index in [2.05, 4.69) is 38.0 Å². The van der Waals surface area contributed by atoms with Gasteiger partial charge in [0.15, 0.2) is 0 Å². The zero-order valence-electron chi connectivity index (χ0n) is 12.1. The molecule has 1 saturated heterocycles. The molecule has 22 heavy (non-hydrogen) atoms. The molecular formula is C17H15BrN2OS. The van der Waals surface area contributed by atoms with Crippen molar-refractivity contribution in [3.05, 3.63) is 58.1 Å². The highest BCUT2D eigenvalue weighted by Crippen LogP contribution is 2.40. The molecule has 0 radical (unpaired) electrons. The molecule has 1 aliphatic rings. The maximum atomic E-state index is 5.75. The minimum absolute atomic E-state index is 0.0631. The molecule has 0 aliphatic carbocycles. The smallest absolute Gasteiger partial charge is 0.130 e. The summed E-state index contributed by atoms with van der Waals surface area (Å²) in [6, 6.07) is 16.7. The number of aliphatic imine (C=N–C) groups is 2. The molecule has 0 amide bonds. The Hall–Kier alpha value is -1.39. The van der Waals surface area contributed by atoms with Gasteiger partial charge in [-0.2, -0.15) is 9.98 Å². The molecule has 1 heterocycles. The quantitative estimate of drug-likeness (QED) is 0.649. The Balaban J connectivity index is 1.90. The van der Waals surface area contributed by atoms with E-state index in [1.807, 2.05) is 43.3 Å². The van der Waals surface area contributed by atoms with Crippen molar-refractivity contribution < 1.29 is 4.74 Å². The maximum Gasteiger partial charge on any atom is 0.130 e. The van der Waals surface area contributed by atoms with Crippen LogP contribution >= 0.6 is 27.7 Å². The summed E-state index contributed by atoms with van der Waals surface area (Å²) in [5.74, 6) is 1.02. The summed E-state index contributed by atoms with van der Waals surface area (Å²) in [6.07, 6.45) is 0. The molecule has 0 spiro atoms. The fraction of sp³-hybridized carbons (Fsp3) is 0.235. The lowest BCUT2D eigenvalue weighted by Gasteiger charge is -2.12. The standard InChI is InChI=1S/C17H15BrN2OS/c1-12-3-2-4-15(17-21-9-10-22-17)16(12)20-11-19-14-7-5-13(18)6-8-14/h2-8,17H,9-10H2,1H3. The highest BCUT2D eigenvalue weighted by Gasteiger charge is 2.21. The molecule has 2 aromatic carbocycles. The summed E-state index contributed by atoms with van der Waals surface area (Å²) in [4.78, 5) is 8.71. The second-order valence-corrected chi connectivity index (χ2v) is 6.97. The van der Waals surface area contributed by atoms with Gasteiger partial charge in [-0.1, -0.05) is 34.1 Å². The second-order valence-electron chi connectivity index (χ2n) is 4.89. The highest BCUT2D eigenvalue weighted by atomic mass is 79.9. The van der Waals surface area contributed by atoms with Gasteiger partial charge in [0.05, 0.1) is 18.0 Å². The first-order valence-corrected chi connectivity index (χ1v) is 8.83. The van der Waals surface area contributed by atoms with E-state index >= 15 is 0 Å². The molecule has 5 heteroatoms. The zero-order valence-corrected chi connectivity index (χ0v) is 14.5. The van der Waals surface area contributed by atoms with Gasteiger partial charge >= 0.3 is 0 Å². The Kier molecular flexibility index (Phi) is 5.11. The minimum Gasteiger partial charge on any atom is -0.362 e. The number of para-hydroxylation sites is 1. The van der Waals surface area contributed by atoms with Crippen LogP contribution in [0.4, 0.5) is 11.4 Å². The molecule has 3 rings (SSSR count). The monoisotopic (exact) mass is 374 g/mol. The van der Waals surface area contributed by atoms with E-state index < -0.39 is 0 Å². The van der Waals surface area contributed by atoms with Gasteiger partial charge in [-0.15, -0.1) is 11.8 Å². The van der Waals surface area contributed by atoms with Gasteiger partial charge in [0, 0.05) is 15.8 Å². The molecule has 1 atom stereocenters. The number of hydrogen-bond donors (Lipinski definition) is 0. The Morgan fingerprint density at radius 1 is 1.18 bits per heavy atom. The number of benzene rings is 2. The molecule has 0 saturated carbocycles.